The normalized spacial score (nSPS) is 11.8. The van der Waals surface area contributed by atoms with Crippen molar-refractivity contribution >= 4 is 55.3 Å². The van der Waals surface area contributed by atoms with Crippen molar-refractivity contribution in [1.29, 1.82) is 0 Å². The Labute approximate surface area is 174 Å². The smallest absolute Gasteiger partial charge is 0.340 e. The second kappa shape index (κ2) is 8.56. The highest BCUT2D eigenvalue weighted by atomic mass is 32.2. The van der Waals surface area contributed by atoms with E-state index in [-0.39, 0.29) is 10.0 Å². The molecular weight excluding hydrogens is 418 g/mol. The first-order valence-electron chi connectivity index (χ1n) is 8.32. The minimum atomic E-state index is -3.60. The van der Waals surface area contributed by atoms with Gasteiger partial charge in [0.15, 0.2) is 5.11 Å². The highest BCUT2D eigenvalue weighted by Crippen LogP contribution is 2.28. The van der Waals surface area contributed by atoms with Crippen molar-refractivity contribution in [2.75, 3.05) is 17.7 Å². The number of nitrogens with one attached hydrogen (secondary N) is 3. The Morgan fingerprint density at radius 2 is 1.75 bits per heavy atom. The molecule has 2 rings (SSSR count). The average molecular weight is 442 g/mol. The van der Waals surface area contributed by atoms with E-state index in [2.05, 4.69) is 15.4 Å². The van der Waals surface area contributed by atoms with Crippen LogP contribution in [-0.2, 0) is 14.8 Å². The number of anilines is 2. The summed E-state index contributed by atoms with van der Waals surface area (Å²) in [6.07, 6.45) is 0. The second-order valence-electron chi connectivity index (χ2n) is 7.05. The monoisotopic (exact) mass is 441 g/mol. The van der Waals surface area contributed by atoms with Gasteiger partial charge in [0.25, 0.3) is 0 Å². The molecule has 0 saturated heterocycles. The molecule has 7 nitrogen and oxygen atoms in total. The molecule has 0 radical (unpaired) electrons. The van der Waals surface area contributed by atoms with Crippen molar-refractivity contribution in [2.45, 2.75) is 38.1 Å². The molecule has 0 aliphatic carbocycles. The first-order valence-corrected chi connectivity index (χ1v) is 11.0. The van der Waals surface area contributed by atoms with Crippen LogP contribution in [0.5, 0.6) is 0 Å². The van der Waals surface area contributed by atoms with Crippen LogP contribution >= 0.6 is 23.6 Å². The van der Waals surface area contributed by atoms with Gasteiger partial charge in [0, 0.05) is 16.1 Å². The number of thiophene rings is 1. The lowest BCUT2D eigenvalue weighted by atomic mass is 10.1. The lowest BCUT2D eigenvalue weighted by Gasteiger charge is -2.20. The number of methoxy groups -OCH3 is 1. The number of carbonyl (C=O) groups is 1. The van der Waals surface area contributed by atoms with Gasteiger partial charge in [0.2, 0.25) is 10.0 Å². The molecule has 0 spiro atoms. The molecule has 1 aromatic carbocycles. The number of ether oxygens (including phenoxy) is 1. The van der Waals surface area contributed by atoms with Crippen molar-refractivity contribution in [3.05, 3.63) is 40.8 Å². The van der Waals surface area contributed by atoms with Gasteiger partial charge in [-0.2, -0.15) is 0 Å². The Morgan fingerprint density at radius 3 is 2.29 bits per heavy atom. The zero-order valence-electron chi connectivity index (χ0n) is 16.2. The van der Waals surface area contributed by atoms with Gasteiger partial charge in [-0.05, 0) is 70.2 Å². The first-order chi connectivity index (χ1) is 12.9. The van der Waals surface area contributed by atoms with E-state index in [1.165, 1.54) is 30.6 Å². The number of thiocarbonyl (C=S) groups is 1. The Balaban J connectivity index is 2.09. The van der Waals surface area contributed by atoms with Crippen LogP contribution < -0.4 is 15.4 Å². The molecule has 1 heterocycles. The van der Waals surface area contributed by atoms with E-state index in [0.29, 0.717) is 16.3 Å². The summed E-state index contributed by atoms with van der Waals surface area (Å²) >= 11 is 6.67. The van der Waals surface area contributed by atoms with Crippen molar-refractivity contribution < 1.29 is 17.9 Å². The van der Waals surface area contributed by atoms with Crippen LogP contribution in [0.15, 0.2) is 35.2 Å². The van der Waals surface area contributed by atoms with Crippen molar-refractivity contribution in [3.8, 4) is 0 Å². The fourth-order valence-corrected chi connectivity index (χ4v) is 4.92. The fraction of sp³-hybridized carbons (Fsp3) is 0.333. The van der Waals surface area contributed by atoms with E-state index in [1.54, 1.807) is 39.0 Å². The van der Waals surface area contributed by atoms with Crippen LogP contribution in [0.25, 0.3) is 0 Å². The molecule has 0 bridgehead atoms. The summed E-state index contributed by atoms with van der Waals surface area (Å²) in [6, 6.07) is 7.95. The number of rotatable bonds is 5. The van der Waals surface area contributed by atoms with Gasteiger partial charge in [0.05, 0.1) is 17.6 Å². The SMILES string of the molecule is COC(=O)c1cc(C)sc1NC(=S)Nc1ccc(S(=O)(=O)NC(C)(C)C)cc1. The second-order valence-corrected chi connectivity index (χ2v) is 10.4. The van der Waals surface area contributed by atoms with Crippen molar-refractivity contribution in [1.82, 2.24) is 4.72 Å². The molecule has 0 aliphatic rings. The van der Waals surface area contributed by atoms with Gasteiger partial charge in [-0.15, -0.1) is 11.3 Å². The third kappa shape index (κ3) is 5.99. The zero-order valence-corrected chi connectivity index (χ0v) is 18.7. The van der Waals surface area contributed by atoms with E-state index in [9.17, 15) is 13.2 Å². The maximum absolute atomic E-state index is 12.3. The number of benzene rings is 1. The predicted octanol–water partition coefficient (Wildman–Crippen LogP) is 3.73. The molecule has 0 fully saturated rings. The standard InChI is InChI=1S/C18H23N3O4S3/c1-11-10-14(16(22)25-5)15(27-11)20-17(26)19-12-6-8-13(9-7-12)28(23,24)21-18(2,3)4/h6-10,21H,1-5H3,(H2,19,20,26). The maximum atomic E-state index is 12.3. The first kappa shape index (κ1) is 22.3. The van der Waals surface area contributed by atoms with Crippen LogP contribution in [0.4, 0.5) is 10.7 Å². The van der Waals surface area contributed by atoms with Gasteiger partial charge >= 0.3 is 5.97 Å². The summed E-state index contributed by atoms with van der Waals surface area (Å²) in [6.45, 7) is 7.21. The summed E-state index contributed by atoms with van der Waals surface area (Å²) in [5, 5.41) is 6.80. The van der Waals surface area contributed by atoms with E-state index < -0.39 is 21.5 Å². The Bertz CT molecular complexity index is 974. The van der Waals surface area contributed by atoms with Crippen molar-refractivity contribution in [2.24, 2.45) is 0 Å². The van der Waals surface area contributed by atoms with Crippen molar-refractivity contribution in [3.63, 3.8) is 0 Å². The third-order valence-corrected chi connectivity index (χ3v) is 6.29. The number of hydrogen-bond donors (Lipinski definition) is 3. The van der Waals surface area contributed by atoms with Crippen LogP contribution in [0.3, 0.4) is 0 Å². The van der Waals surface area contributed by atoms with E-state index in [1.807, 2.05) is 6.92 Å². The van der Waals surface area contributed by atoms with Crippen LogP contribution in [0.1, 0.15) is 36.0 Å². The predicted molar refractivity (Wildman–Crippen MR) is 117 cm³/mol. The fourth-order valence-electron chi connectivity index (χ4n) is 2.31. The highest BCUT2D eigenvalue weighted by Gasteiger charge is 2.22. The molecule has 0 saturated carbocycles. The molecule has 2 aromatic rings. The molecule has 152 valence electrons. The van der Waals surface area contributed by atoms with Crippen LogP contribution in [-0.4, -0.2) is 32.1 Å². The summed E-state index contributed by atoms with van der Waals surface area (Å²) in [5.41, 5.74) is 0.446. The van der Waals surface area contributed by atoms with E-state index in [4.69, 9.17) is 17.0 Å². The molecule has 0 aliphatic heterocycles. The Kier molecular flexibility index (Phi) is 6.81. The summed E-state index contributed by atoms with van der Waals surface area (Å²) in [5.74, 6) is -0.449. The molecule has 0 unspecified atom stereocenters. The van der Waals surface area contributed by atoms with Crippen LogP contribution in [0, 0.1) is 6.92 Å². The number of sulfonamides is 1. The summed E-state index contributed by atoms with van der Waals surface area (Å²) in [4.78, 5) is 12.9. The molecule has 10 heteroatoms. The van der Waals surface area contributed by atoms with Gasteiger partial charge in [0.1, 0.15) is 5.00 Å². The van der Waals surface area contributed by atoms with Gasteiger partial charge in [-0.25, -0.2) is 17.9 Å². The summed E-state index contributed by atoms with van der Waals surface area (Å²) < 4.78 is 32.1. The Morgan fingerprint density at radius 1 is 1.14 bits per heavy atom. The topological polar surface area (TPSA) is 96.5 Å². The van der Waals surface area contributed by atoms with E-state index >= 15 is 0 Å². The van der Waals surface area contributed by atoms with Crippen LogP contribution in [0.2, 0.25) is 0 Å². The minimum Gasteiger partial charge on any atom is -0.465 e. The zero-order chi connectivity index (χ0) is 21.1. The minimum absolute atomic E-state index is 0.161. The Hall–Kier alpha value is -2.01. The van der Waals surface area contributed by atoms with Gasteiger partial charge in [-0.1, -0.05) is 0 Å². The molecule has 3 N–H and O–H groups in total. The molecule has 28 heavy (non-hydrogen) atoms. The quantitative estimate of drug-likeness (QED) is 0.480. The molecular formula is C18H23N3O4S3. The van der Waals surface area contributed by atoms with Gasteiger partial charge < -0.3 is 15.4 Å². The highest BCUT2D eigenvalue weighted by molar-refractivity contribution is 7.89. The third-order valence-electron chi connectivity index (χ3n) is 3.35. The van der Waals surface area contributed by atoms with Gasteiger partial charge in [-0.3, -0.25) is 0 Å². The summed E-state index contributed by atoms with van der Waals surface area (Å²) in [7, 11) is -2.28. The number of esters is 1. The molecule has 0 atom stereocenters. The van der Waals surface area contributed by atoms with E-state index in [0.717, 1.165) is 4.88 Å². The lowest BCUT2D eigenvalue weighted by molar-refractivity contribution is 0.0602. The number of aryl methyl sites for hydroxylation is 1. The largest absolute Gasteiger partial charge is 0.465 e. The number of hydrogen-bond acceptors (Lipinski definition) is 6. The average Bonchev–Trinajstić information content (AvgIpc) is 2.92. The lowest BCUT2D eigenvalue weighted by Crippen LogP contribution is -2.40. The maximum Gasteiger partial charge on any atom is 0.340 e. The molecule has 0 amide bonds. The number of carbonyl (C=O) groups excluding carboxylic acids is 1. The molecule has 1 aromatic heterocycles.